The number of nitrogens with zero attached hydrogens (tertiary/aromatic N) is 2. The maximum atomic E-state index is 10.6. The fourth-order valence-electron chi connectivity index (χ4n) is 3.19. The standard InChI is InChI=1S/C20H23ClN2O4/c1-14(11-15-5-7-16(8-6-15)27-13-20(24)25)23-9-10-26-18(12-23)17-3-2-4-19(21)22-17/h2-8,14,18H,9-13H2,1H3,(H,24,25). The van der Waals surface area contributed by atoms with E-state index >= 15 is 0 Å². The molecule has 1 aliphatic heterocycles. The number of halogens is 1. The smallest absolute Gasteiger partial charge is 0.341 e. The Kier molecular flexibility index (Phi) is 6.66. The summed E-state index contributed by atoms with van der Waals surface area (Å²) in [6.07, 6.45) is 0.807. The van der Waals surface area contributed by atoms with Gasteiger partial charge in [-0.2, -0.15) is 0 Å². The van der Waals surface area contributed by atoms with E-state index in [0.717, 1.165) is 25.2 Å². The van der Waals surface area contributed by atoms with Crippen LogP contribution in [0, 0.1) is 0 Å². The molecular weight excluding hydrogens is 368 g/mol. The van der Waals surface area contributed by atoms with Gasteiger partial charge in [0.05, 0.1) is 12.3 Å². The van der Waals surface area contributed by atoms with Gasteiger partial charge in [-0.05, 0) is 43.2 Å². The summed E-state index contributed by atoms with van der Waals surface area (Å²) in [5.74, 6) is -0.420. The number of hydrogen-bond donors (Lipinski definition) is 1. The molecule has 144 valence electrons. The third-order valence-corrected chi connectivity index (χ3v) is 4.82. The van der Waals surface area contributed by atoms with Crippen LogP contribution in [-0.2, 0) is 16.0 Å². The van der Waals surface area contributed by atoms with Gasteiger partial charge in [0, 0.05) is 19.1 Å². The van der Waals surface area contributed by atoms with E-state index in [1.807, 2.05) is 36.4 Å². The Morgan fingerprint density at radius 3 is 2.85 bits per heavy atom. The molecule has 1 fully saturated rings. The number of aromatic nitrogens is 1. The van der Waals surface area contributed by atoms with Crippen molar-refractivity contribution in [2.45, 2.75) is 25.5 Å². The molecule has 6 nitrogen and oxygen atoms in total. The molecule has 1 saturated heterocycles. The van der Waals surface area contributed by atoms with E-state index in [4.69, 9.17) is 26.2 Å². The first-order chi connectivity index (χ1) is 13.0. The van der Waals surface area contributed by atoms with Crippen molar-refractivity contribution < 1.29 is 19.4 Å². The highest BCUT2D eigenvalue weighted by Gasteiger charge is 2.26. The second kappa shape index (κ2) is 9.17. The quantitative estimate of drug-likeness (QED) is 0.732. The van der Waals surface area contributed by atoms with E-state index in [2.05, 4.69) is 16.8 Å². The lowest BCUT2D eigenvalue weighted by atomic mass is 10.0. The second-order valence-electron chi connectivity index (χ2n) is 6.62. The average Bonchev–Trinajstić information content (AvgIpc) is 2.67. The van der Waals surface area contributed by atoms with Crippen molar-refractivity contribution >= 4 is 17.6 Å². The van der Waals surface area contributed by atoms with E-state index < -0.39 is 5.97 Å². The van der Waals surface area contributed by atoms with Crippen LogP contribution in [0.1, 0.15) is 24.3 Å². The molecule has 0 aliphatic carbocycles. The summed E-state index contributed by atoms with van der Waals surface area (Å²) in [7, 11) is 0. The Balaban J connectivity index is 1.57. The highest BCUT2D eigenvalue weighted by atomic mass is 35.5. The van der Waals surface area contributed by atoms with E-state index in [1.165, 1.54) is 5.56 Å². The largest absolute Gasteiger partial charge is 0.482 e. The summed E-state index contributed by atoms with van der Waals surface area (Å²) in [6.45, 7) is 4.17. The minimum absolute atomic E-state index is 0.0771. The van der Waals surface area contributed by atoms with Crippen LogP contribution < -0.4 is 4.74 Å². The lowest BCUT2D eigenvalue weighted by Gasteiger charge is -2.36. The van der Waals surface area contributed by atoms with Crippen LogP contribution >= 0.6 is 11.6 Å². The number of morpholine rings is 1. The molecule has 0 spiro atoms. The summed E-state index contributed by atoms with van der Waals surface area (Å²) in [6, 6.07) is 13.5. The van der Waals surface area contributed by atoms with Gasteiger partial charge in [0.15, 0.2) is 6.61 Å². The van der Waals surface area contributed by atoms with Crippen LogP contribution in [0.15, 0.2) is 42.5 Å². The van der Waals surface area contributed by atoms with E-state index in [-0.39, 0.29) is 12.7 Å². The maximum absolute atomic E-state index is 10.6. The van der Waals surface area contributed by atoms with Gasteiger partial charge in [-0.1, -0.05) is 29.8 Å². The zero-order chi connectivity index (χ0) is 19.2. The molecule has 2 atom stereocenters. The fraction of sp³-hybridized carbons (Fsp3) is 0.400. The molecule has 1 aromatic carbocycles. The Morgan fingerprint density at radius 2 is 2.15 bits per heavy atom. The van der Waals surface area contributed by atoms with Gasteiger partial charge in [0.1, 0.15) is 17.0 Å². The van der Waals surface area contributed by atoms with E-state index in [1.54, 1.807) is 6.07 Å². The lowest BCUT2D eigenvalue weighted by Crippen LogP contribution is -2.44. The normalized spacial score (nSPS) is 18.8. The van der Waals surface area contributed by atoms with Gasteiger partial charge in [-0.25, -0.2) is 9.78 Å². The first-order valence-electron chi connectivity index (χ1n) is 8.93. The summed E-state index contributed by atoms with van der Waals surface area (Å²) < 4.78 is 11.1. The molecule has 0 amide bonds. The van der Waals surface area contributed by atoms with Crippen LogP contribution in [0.5, 0.6) is 5.75 Å². The number of pyridine rings is 1. The van der Waals surface area contributed by atoms with Crippen molar-refractivity contribution in [3.8, 4) is 5.75 Å². The number of benzene rings is 1. The Bertz CT molecular complexity index is 769. The Hall–Kier alpha value is -2.15. The van der Waals surface area contributed by atoms with E-state index in [9.17, 15) is 4.79 Å². The van der Waals surface area contributed by atoms with Crippen molar-refractivity contribution in [3.63, 3.8) is 0 Å². The van der Waals surface area contributed by atoms with Crippen LogP contribution in [0.3, 0.4) is 0 Å². The monoisotopic (exact) mass is 390 g/mol. The molecule has 27 heavy (non-hydrogen) atoms. The molecule has 7 heteroatoms. The molecule has 1 aliphatic rings. The van der Waals surface area contributed by atoms with Crippen LogP contribution in [0.25, 0.3) is 0 Å². The van der Waals surface area contributed by atoms with Crippen molar-refractivity contribution in [3.05, 3.63) is 58.9 Å². The topological polar surface area (TPSA) is 71.9 Å². The van der Waals surface area contributed by atoms with Crippen molar-refractivity contribution in [2.75, 3.05) is 26.3 Å². The summed E-state index contributed by atoms with van der Waals surface area (Å²) in [5, 5.41) is 9.14. The molecule has 0 saturated carbocycles. The lowest BCUT2D eigenvalue weighted by molar-refractivity contribution is -0.139. The highest BCUT2D eigenvalue weighted by molar-refractivity contribution is 6.29. The molecule has 2 aromatic rings. The number of carboxylic acid groups (broad SMARTS) is 1. The molecular formula is C20H23ClN2O4. The number of ether oxygens (including phenoxy) is 2. The molecule has 0 radical (unpaired) electrons. The minimum atomic E-state index is -0.983. The zero-order valence-electron chi connectivity index (χ0n) is 15.2. The predicted octanol–water partition coefficient (Wildman–Crippen LogP) is 3.20. The maximum Gasteiger partial charge on any atom is 0.341 e. The third kappa shape index (κ3) is 5.66. The number of rotatable bonds is 7. The van der Waals surface area contributed by atoms with Gasteiger partial charge in [0.2, 0.25) is 0 Å². The van der Waals surface area contributed by atoms with Crippen molar-refractivity contribution in [1.82, 2.24) is 9.88 Å². The summed E-state index contributed by atoms with van der Waals surface area (Å²) in [4.78, 5) is 17.3. The number of hydrogen-bond acceptors (Lipinski definition) is 5. The fourth-order valence-corrected chi connectivity index (χ4v) is 3.36. The van der Waals surface area contributed by atoms with Crippen LogP contribution in [0.2, 0.25) is 5.15 Å². The number of aliphatic carboxylic acids is 1. The first-order valence-corrected chi connectivity index (χ1v) is 9.30. The molecule has 2 unspecified atom stereocenters. The van der Waals surface area contributed by atoms with Gasteiger partial charge in [-0.3, -0.25) is 4.90 Å². The van der Waals surface area contributed by atoms with Gasteiger partial charge >= 0.3 is 5.97 Å². The van der Waals surface area contributed by atoms with Crippen molar-refractivity contribution in [1.29, 1.82) is 0 Å². The van der Waals surface area contributed by atoms with Crippen molar-refractivity contribution in [2.24, 2.45) is 0 Å². The third-order valence-electron chi connectivity index (χ3n) is 4.60. The number of carboxylic acids is 1. The summed E-state index contributed by atoms with van der Waals surface area (Å²) >= 11 is 6.00. The Morgan fingerprint density at radius 1 is 1.37 bits per heavy atom. The summed E-state index contributed by atoms with van der Waals surface area (Å²) in [5.41, 5.74) is 2.04. The van der Waals surface area contributed by atoms with Gasteiger partial charge in [-0.15, -0.1) is 0 Å². The molecule has 1 aromatic heterocycles. The predicted molar refractivity (Wildman–Crippen MR) is 102 cm³/mol. The van der Waals surface area contributed by atoms with Gasteiger partial charge < -0.3 is 14.6 Å². The van der Waals surface area contributed by atoms with Crippen LogP contribution in [-0.4, -0.2) is 53.3 Å². The molecule has 1 N–H and O–H groups in total. The molecule has 2 heterocycles. The molecule has 3 rings (SSSR count). The SMILES string of the molecule is CC(Cc1ccc(OCC(=O)O)cc1)N1CCOC(c2cccc(Cl)n2)C1. The number of carbonyl (C=O) groups is 1. The zero-order valence-corrected chi connectivity index (χ0v) is 15.9. The van der Waals surface area contributed by atoms with E-state index in [0.29, 0.717) is 23.6 Å². The minimum Gasteiger partial charge on any atom is -0.482 e. The average molecular weight is 391 g/mol. The molecule has 0 bridgehead atoms. The Labute approximate surface area is 163 Å². The van der Waals surface area contributed by atoms with Gasteiger partial charge in [0.25, 0.3) is 0 Å². The first kappa shape index (κ1) is 19.6. The van der Waals surface area contributed by atoms with Crippen LogP contribution in [0.4, 0.5) is 0 Å². The second-order valence-corrected chi connectivity index (χ2v) is 7.01. The highest BCUT2D eigenvalue weighted by Crippen LogP contribution is 2.24.